The number of halogens is 1. The van der Waals surface area contributed by atoms with Gasteiger partial charge in [0, 0.05) is 13.1 Å². The van der Waals surface area contributed by atoms with Crippen LogP contribution in [0.5, 0.6) is 0 Å². The maximum absolute atomic E-state index is 6.41. The molecule has 0 aliphatic heterocycles. The van der Waals surface area contributed by atoms with Crippen LogP contribution < -0.4 is 0 Å². The fourth-order valence-electron chi connectivity index (χ4n) is 0. The van der Waals surface area contributed by atoms with Gasteiger partial charge in [0.15, 0.2) is 0 Å². The Morgan fingerprint density at radius 2 is 1.83 bits per heavy atom. The quantitative estimate of drug-likeness (QED) is 0.261. The van der Waals surface area contributed by atoms with E-state index in [1.54, 1.807) is 13.1 Å². The van der Waals surface area contributed by atoms with Crippen LogP contribution in [0.25, 0.3) is 4.51 Å². The highest BCUT2D eigenvalue weighted by molar-refractivity contribution is 7.20. The van der Waals surface area contributed by atoms with E-state index in [0.717, 1.165) is 0 Å². The SMILES string of the molecule is [C-]#[N+][Si](C)(C)Cl. The molecule has 1 nitrogen and oxygen atoms in total. The lowest BCUT2D eigenvalue weighted by molar-refractivity contribution is 1.95. The summed E-state index contributed by atoms with van der Waals surface area (Å²) in [6.07, 6.45) is 0. The highest BCUT2D eigenvalue weighted by Gasteiger charge is 2.26. The van der Waals surface area contributed by atoms with E-state index < -0.39 is 7.55 Å². The summed E-state index contributed by atoms with van der Waals surface area (Å²) < 4.78 is 3.18. The van der Waals surface area contributed by atoms with Gasteiger partial charge in [-0.3, -0.25) is 6.57 Å². The Bertz CT molecular complexity index is 77.8. The molecule has 0 fully saturated rings. The highest BCUT2D eigenvalue weighted by Crippen LogP contribution is 2.06. The van der Waals surface area contributed by atoms with Gasteiger partial charge in [0.1, 0.15) is 0 Å². The van der Waals surface area contributed by atoms with Crippen LogP contribution in [0.15, 0.2) is 0 Å². The first-order chi connectivity index (χ1) is 2.56. The van der Waals surface area contributed by atoms with Crippen LogP contribution in [0.2, 0.25) is 13.1 Å². The molecular weight excluding hydrogens is 114 g/mol. The molecule has 0 saturated carbocycles. The standard InChI is InChI=1S/C3H6ClNSi/c1-5-6(2,3)4/h2-3H3. The molecule has 0 amide bonds. The summed E-state index contributed by atoms with van der Waals surface area (Å²) in [4.78, 5) is 0. The van der Waals surface area contributed by atoms with Crippen molar-refractivity contribution in [1.82, 2.24) is 0 Å². The van der Waals surface area contributed by atoms with Crippen molar-refractivity contribution < 1.29 is 0 Å². The minimum atomic E-state index is -1.87. The van der Waals surface area contributed by atoms with Crippen LogP contribution in [0.4, 0.5) is 0 Å². The van der Waals surface area contributed by atoms with Crippen LogP contribution >= 0.6 is 11.1 Å². The number of rotatable bonds is 0. The van der Waals surface area contributed by atoms with E-state index >= 15 is 0 Å². The molecule has 0 aliphatic rings. The molecule has 0 bridgehead atoms. The smallest absolute Gasteiger partial charge is 0.396 e. The summed E-state index contributed by atoms with van der Waals surface area (Å²) in [5, 5.41) is 0. The van der Waals surface area contributed by atoms with Crippen molar-refractivity contribution in [2.45, 2.75) is 13.1 Å². The third kappa shape index (κ3) is 4.00. The van der Waals surface area contributed by atoms with E-state index in [2.05, 4.69) is 4.51 Å². The second-order valence-electron chi connectivity index (χ2n) is 1.52. The minimum Gasteiger partial charge on any atom is -0.396 e. The van der Waals surface area contributed by atoms with Crippen molar-refractivity contribution >= 4 is 18.6 Å². The van der Waals surface area contributed by atoms with Crippen molar-refractivity contribution in [3.63, 3.8) is 0 Å². The molecule has 0 N–H and O–H groups in total. The molecule has 0 aromatic carbocycles. The second-order valence-corrected chi connectivity index (χ2v) is 7.34. The zero-order valence-electron chi connectivity index (χ0n) is 3.83. The van der Waals surface area contributed by atoms with Gasteiger partial charge in [-0.1, -0.05) is 11.1 Å². The lowest BCUT2D eigenvalue weighted by atomic mass is 11.8. The molecule has 0 radical (unpaired) electrons. The van der Waals surface area contributed by atoms with Crippen LogP contribution in [0.3, 0.4) is 0 Å². The maximum atomic E-state index is 6.41. The Balaban J connectivity index is 3.55. The molecule has 0 spiro atoms. The maximum Gasteiger partial charge on any atom is 0.535 e. The molecule has 3 heteroatoms. The molecule has 0 atom stereocenters. The Labute approximate surface area is 43.5 Å². The van der Waals surface area contributed by atoms with Crippen LogP contribution in [-0.2, 0) is 0 Å². The highest BCUT2D eigenvalue weighted by atomic mass is 35.6. The van der Waals surface area contributed by atoms with Crippen molar-refractivity contribution in [2.75, 3.05) is 0 Å². The minimum absolute atomic E-state index is 1.79. The second kappa shape index (κ2) is 1.63. The third-order valence-corrected chi connectivity index (χ3v) is 1.05. The first-order valence-electron chi connectivity index (χ1n) is 1.64. The molecule has 0 unspecified atom stereocenters. The topological polar surface area (TPSA) is 4.36 Å². The van der Waals surface area contributed by atoms with Crippen molar-refractivity contribution in [3.05, 3.63) is 11.1 Å². The van der Waals surface area contributed by atoms with Gasteiger partial charge < -0.3 is 4.51 Å². The molecule has 0 aromatic heterocycles. The van der Waals surface area contributed by atoms with E-state index in [-0.39, 0.29) is 0 Å². The van der Waals surface area contributed by atoms with Crippen LogP contribution in [-0.4, -0.2) is 7.55 Å². The third-order valence-electron chi connectivity index (χ3n) is 0.266. The molecule has 0 aromatic rings. The fraction of sp³-hybridized carbons (Fsp3) is 0.667. The summed E-state index contributed by atoms with van der Waals surface area (Å²) in [7, 11) is -1.87. The van der Waals surface area contributed by atoms with Crippen LogP contribution in [0, 0.1) is 6.57 Å². The molecule has 0 saturated heterocycles. The van der Waals surface area contributed by atoms with Crippen molar-refractivity contribution in [1.29, 1.82) is 0 Å². The summed E-state index contributed by atoms with van der Waals surface area (Å²) in [5.74, 6) is 0. The Morgan fingerprint density at radius 1 is 1.67 bits per heavy atom. The van der Waals surface area contributed by atoms with Gasteiger partial charge in [0.05, 0.1) is 0 Å². The monoisotopic (exact) mass is 119 g/mol. The predicted molar refractivity (Wildman–Crippen MR) is 29.9 cm³/mol. The van der Waals surface area contributed by atoms with E-state index in [4.69, 9.17) is 17.7 Å². The number of hydrogen-bond acceptors (Lipinski definition) is 0. The summed E-state index contributed by atoms with van der Waals surface area (Å²) >= 11 is 5.50. The van der Waals surface area contributed by atoms with Crippen molar-refractivity contribution in [3.8, 4) is 0 Å². The first-order valence-corrected chi connectivity index (χ1v) is 5.60. The van der Waals surface area contributed by atoms with Crippen molar-refractivity contribution in [2.24, 2.45) is 0 Å². The van der Waals surface area contributed by atoms with E-state index in [1.807, 2.05) is 0 Å². The fourth-order valence-corrected chi connectivity index (χ4v) is 0. The molecular formula is C3H6ClNSi. The van der Waals surface area contributed by atoms with Gasteiger partial charge in [-0.25, -0.2) is 0 Å². The van der Waals surface area contributed by atoms with E-state index in [1.165, 1.54) is 0 Å². The lowest BCUT2D eigenvalue weighted by Crippen LogP contribution is -2.07. The first kappa shape index (κ1) is 6.00. The average molecular weight is 120 g/mol. The molecule has 0 heterocycles. The number of hydrogen-bond donors (Lipinski definition) is 0. The van der Waals surface area contributed by atoms with E-state index in [0.29, 0.717) is 0 Å². The molecule has 34 valence electrons. The predicted octanol–water partition coefficient (Wildman–Crippen LogP) is 1.85. The van der Waals surface area contributed by atoms with Gasteiger partial charge >= 0.3 is 7.55 Å². The Hall–Kier alpha value is -0.00312. The summed E-state index contributed by atoms with van der Waals surface area (Å²) in [6, 6.07) is 0. The van der Waals surface area contributed by atoms with E-state index in [9.17, 15) is 0 Å². The van der Waals surface area contributed by atoms with Gasteiger partial charge in [-0.2, -0.15) is 0 Å². The Kier molecular flexibility index (Phi) is 1.63. The van der Waals surface area contributed by atoms with Gasteiger partial charge in [-0.15, -0.1) is 0 Å². The van der Waals surface area contributed by atoms with Gasteiger partial charge in [-0.05, 0) is 0 Å². The summed E-state index contributed by atoms with van der Waals surface area (Å²) in [5.41, 5.74) is 0. The molecule has 0 aliphatic carbocycles. The molecule has 0 rings (SSSR count). The zero-order valence-corrected chi connectivity index (χ0v) is 5.58. The van der Waals surface area contributed by atoms with Gasteiger partial charge in [0.25, 0.3) is 0 Å². The van der Waals surface area contributed by atoms with Gasteiger partial charge in [0.2, 0.25) is 0 Å². The largest absolute Gasteiger partial charge is 0.535 e. The van der Waals surface area contributed by atoms with Crippen LogP contribution in [0.1, 0.15) is 0 Å². The average Bonchev–Trinajstić information content (AvgIpc) is 1.35. The molecule has 6 heavy (non-hydrogen) atoms. The normalized spacial score (nSPS) is 10.3. The number of nitrogens with zero attached hydrogens (tertiary/aromatic N) is 1. The Morgan fingerprint density at radius 3 is 1.83 bits per heavy atom. The summed E-state index contributed by atoms with van der Waals surface area (Å²) in [6.45, 7) is 10.00. The zero-order chi connectivity index (χ0) is 5.21. The lowest BCUT2D eigenvalue weighted by Gasteiger charge is -1.87.